The summed E-state index contributed by atoms with van der Waals surface area (Å²) in [7, 11) is 5.54. The molecule has 3 amide bonds. The molecule has 18 heteroatoms. The molecule has 1 aliphatic heterocycles. The van der Waals surface area contributed by atoms with E-state index in [1.807, 2.05) is 18.2 Å². The molecule has 0 bridgehead atoms. The lowest BCUT2D eigenvalue weighted by molar-refractivity contribution is -0.135. The summed E-state index contributed by atoms with van der Waals surface area (Å²) in [6, 6.07) is 8.36. The largest absolute Gasteiger partial charge is 0.444 e. The van der Waals surface area contributed by atoms with Gasteiger partial charge in [0.1, 0.15) is 18.1 Å². The predicted molar refractivity (Wildman–Crippen MR) is 215 cm³/mol. The summed E-state index contributed by atoms with van der Waals surface area (Å²) >= 11 is 0. The summed E-state index contributed by atoms with van der Waals surface area (Å²) in [5.41, 5.74) is 2.23. The number of nitrogens with zero attached hydrogens (tertiary/aromatic N) is 7. The summed E-state index contributed by atoms with van der Waals surface area (Å²) in [5, 5.41) is 12.0. The molecule has 2 aliphatic rings. The summed E-state index contributed by atoms with van der Waals surface area (Å²) in [6.45, 7) is 2.99. The third-order valence-electron chi connectivity index (χ3n) is 11.2. The lowest BCUT2D eigenvalue weighted by atomic mass is 9.86. The number of aryl methyl sites for hydroxylation is 2. The molecular weight excluding hydrogens is 767 g/mol. The first-order valence-corrected chi connectivity index (χ1v) is 20.1. The van der Waals surface area contributed by atoms with Gasteiger partial charge in [0.15, 0.2) is 11.4 Å². The van der Waals surface area contributed by atoms with Gasteiger partial charge in [0.2, 0.25) is 17.7 Å². The van der Waals surface area contributed by atoms with Crippen LogP contribution in [0.1, 0.15) is 91.6 Å². The molecule has 2 fully saturated rings. The number of benzene rings is 1. The molecule has 3 N–H and O–H groups in total. The van der Waals surface area contributed by atoms with Crippen LogP contribution in [0.4, 0.5) is 20.3 Å². The maximum atomic E-state index is 14.1. The molecule has 5 heterocycles. The normalized spacial score (nSPS) is 18.5. The number of anilines is 2. The zero-order valence-corrected chi connectivity index (χ0v) is 33.5. The minimum atomic E-state index is -2.87. The number of nitrogens with one attached hydrogen (secondary N) is 3. The topological polar surface area (TPSA) is 183 Å². The Bertz CT molecular complexity index is 2340. The lowest BCUT2D eigenvalue weighted by Crippen LogP contribution is -2.44. The van der Waals surface area contributed by atoms with Crippen molar-refractivity contribution in [1.29, 1.82) is 0 Å². The van der Waals surface area contributed by atoms with Crippen LogP contribution in [0.15, 0.2) is 58.2 Å². The summed E-state index contributed by atoms with van der Waals surface area (Å²) in [6.07, 6.45) is 7.66. The highest BCUT2D eigenvalue weighted by Crippen LogP contribution is 2.35. The number of rotatable bonds is 17. The Morgan fingerprint density at radius 2 is 1.90 bits per heavy atom. The Labute approximate surface area is 339 Å². The molecule has 1 aromatic carbocycles. The number of halogens is 2. The fraction of sp³-hybridized carbons (Fsp3) is 0.488. The SMILES string of the molecule is CNc1cc(-c2nc(C(=O)Nc3cn(C4CCC(CN(C)CCCOCCCc5cccc6c5n(C)c(=O)n6C5CCC(=O)NC5=O)CC4)nc3C(F)F)co2)ccn1. The fourth-order valence-electron chi connectivity index (χ4n) is 8.23. The molecule has 1 aliphatic carbocycles. The van der Waals surface area contributed by atoms with Crippen LogP contribution in [-0.2, 0) is 27.8 Å². The quantitative estimate of drug-likeness (QED) is 0.0796. The monoisotopic (exact) mass is 816 g/mol. The molecule has 4 aromatic heterocycles. The number of carbonyl (C=O) groups is 3. The van der Waals surface area contributed by atoms with E-state index in [1.54, 1.807) is 41.7 Å². The minimum absolute atomic E-state index is 0.0477. The molecule has 1 saturated heterocycles. The number of pyridine rings is 1. The van der Waals surface area contributed by atoms with Crippen molar-refractivity contribution in [2.24, 2.45) is 13.0 Å². The molecule has 16 nitrogen and oxygen atoms in total. The van der Waals surface area contributed by atoms with E-state index < -0.39 is 30.0 Å². The first-order chi connectivity index (χ1) is 28.5. The number of hydrogen-bond donors (Lipinski definition) is 3. The van der Waals surface area contributed by atoms with Gasteiger partial charge in [0, 0.05) is 64.8 Å². The van der Waals surface area contributed by atoms with Crippen LogP contribution >= 0.6 is 0 Å². The van der Waals surface area contributed by atoms with E-state index in [0.29, 0.717) is 48.9 Å². The lowest BCUT2D eigenvalue weighted by Gasteiger charge is -2.31. The molecule has 7 rings (SSSR count). The van der Waals surface area contributed by atoms with Crippen LogP contribution in [-0.4, -0.2) is 91.9 Å². The molecular formula is C41H50F2N10O6. The van der Waals surface area contributed by atoms with Crippen LogP contribution in [0, 0.1) is 5.92 Å². The van der Waals surface area contributed by atoms with E-state index in [4.69, 9.17) is 9.15 Å². The van der Waals surface area contributed by atoms with Gasteiger partial charge >= 0.3 is 5.69 Å². The average Bonchev–Trinajstić information content (AvgIpc) is 3.95. The highest BCUT2D eigenvalue weighted by atomic mass is 19.3. The molecule has 5 aromatic rings. The van der Waals surface area contributed by atoms with E-state index in [0.717, 1.165) is 62.7 Å². The third-order valence-corrected chi connectivity index (χ3v) is 11.2. The second kappa shape index (κ2) is 18.4. The van der Waals surface area contributed by atoms with Gasteiger partial charge in [0.05, 0.1) is 22.8 Å². The second-order valence-corrected chi connectivity index (χ2v) is 15.4. The summed E-state index contributed by atoms with van der Waals surface area (Å²) in [5.74, 6) is -0.178. The zero-order chi connectivity index (χ0) is 41.6. The van der Waals surface area contributed by atoms with Crippen molar-refractivity contribution >= 4 is 40.3 Å². The molecule has 0 spiro atoms. The number of aromatic nitrogens is 6. The number of oxazole rings is 1. The van der Waals surface area contributed by atoms with Crippen LogP contribution in [0.2, 0.25) is 0 Å². The Hall–Kier alpha value is -5.75. The van der Waals surface area contributed by atoms with Gasteiger partial charge in [-0.25, -0.2) is 23.5 Å². The smallest absolute Gasteiger partial charge is 0.329 e. The Morgan fingerprint density at radius 3 is 2.66 bits per heavy atom. The van der Waals surface area contributed by atoms with Crippen LogP contribution in [0.5, 0.6) is 0 Å². The van der Waals surface area contributed by atoms with Gasteiger partial charge in [-0.1, -0.05) is 12.1 Å². The van der Waals surface area contributed by atoms with Crippen LogP contribution in [0.3, 0.4) is 0 Å². The molecule has 1 atom stereocenters. The van der Waals surface area contributed by atoms with Crippen molar-refractivity contribution in [1.82, 2.24) is 39.1 Å². The Kier molecular flexibility index (Phi) is 12.9. The number of alkyl halides is 2. The average molecular weight is 817 g/mol. The van der Waals surface area contributed by atoms with E-state index in [2.05, 4.69) is 43.0 Å². The summed E-state index contributed by atoms with van der Waals surface area (Å²) in [4.78, 5) is 61.2. The number of ether oxygens (including phenoxy) is 1. The number of imide groups is 1. The van der Waals surface area contributed by atoms with Crippen molar-refractivity contribution in [3.8, 4) is 11.5 Å². The number of hydrogen-bond acceptors (Lipinski definition) is 11. The first kappa shape index (κ1) is 41.4. The number of fused-ring (bicyclic) bond motifs is 1. The maximum absolute atomic E-state index is 14.1. The highest BCUT2D eigenvalue weighted by Gasteiger charge is 2.32. The molecule has 1 saturated carbocycles. The van der Waals surface area contributed by atoms with E-state index in [-0.39, 0.29) is 41.3 Å². The Balaban J connectivity index is 0.825. The van der Waals surface area contributed by atoms with Crippen LogP contribution < -0.4 is 21.6 Å². The number of carbonyl (C=O) groups excluding carboxylic acids is 3. The van der Waals surface area contributed by atoms with Gasteiger partial charge < -0.3 is 24.7 Å². The number of amides is 3. The fourth-order valence-corrected chi connectivity index (χ4v) is 8.23. The van der Waals surface area contributed by atoms with Crippen LogP contribution in [0.25, 0.3) is 22.5 Å². The number of piperidine rings is 1. The molecule has 59 heavy (non-hydrogen) atoms. The van der Waals surface area contributed by atoms with Gasteiger partial charge in [-0.05, 0) is 88.1 Å². The molecule has 0 radical (unpaired) electrons. The molecule has 314 valence electrons. The standard InChI is InChI=1S/C41H50F2N10O6/c1-44-33-21-27(16-17-45-33)40-47-30(24-59-40)38(55)46-29-23-52(49-35(29)37(42)43)28-12-10-25(11-13-28)22-50(2)18-6-20-58-19-5-8-26-7-4-9-31-36(26)51(3)41(57)53(31)32-14-15-34(54)48-39(32)56/h4,7,9,16-17,21,23-25,28,32,37H,5-6,8,10-15,18-20,22H2,1-3H3,(H,44,45)(H,46,55)(H,48,54,56). The van der Waals surface area contributed by atoms with Gasteiger partial charge in [0.25, 0.3) is 12.3 Å². The second-order valence-electron chi connectivity index (χ2n) is 15.4. The van der Waals surface area contributed by atoms with E-state index in [1.165, 1.54) is 17.0 Å². The maximum Gasteiger partial charge on any atom is 0.329 e. The highest BCUT2D eigenvalue weighted by molar-refractivity contribution is 6.03. The van der Waals surface area contributed by atoms with Crippen molar-refractivity contribution < 1.29 is 32.3 Å². The van der Waals surface area contributed by atoms with Gasteiger partial charge in [-0.3, -0.25) is 33.5 Å². The number of imidazole rings is 1. The van der Waals surface area contributed by atoms with Gasteiger partial charge in [-0.2, -0.15) is 5.10 Å². The minimum Gasteiger partial charge on any atom is -0.444 e. The van der Waals surface area contributed by atoms with Gasteiger partial charge in [-0.15, -0.1) is 0 Å². The number of para-hydroxylation sites is 1. The van der Waals surface area contributed by atoms with Crippen molar-refractivity contribution in [3.05, 3.63) is 76.4 Å². The van der Waals surface area contributed by atoms with E-state index in [9.17, 15) is 28.0 Å². The molecule has 1 unspecified atom stereocenters. The van der Waals surface area contributed by atoms with E-state index >= 15 is 0 Å². The van der Waals surface area contributed by atoms with Crippen molar-refractivity contribution in [2.75, 3.05) is 51.0 Å². The zero-order valence-electron chi connectivity index (χ0n) is 33.5. The third kappa shape index (κ3) is 9.44. The van der Waals surface area contributed by atoms with Crippen molar-refractivity contribution in [3.63, 3.8) is 0 Å². The first-order valence-electron chi connectivity index (χ1n) is 20.1. The van der Waals surface area contributed by atoms with Crippen molar-refractivity contribution in [2.45, 2.75) is 76.3 Å². The Morgan fingerprint density at radius 1 is 1.10 bits per heavy atom. The predicted octanol–water partition coefficient (Wildman–Crippen LogP) is 5.50. The summed E-state index contributed by atoms with van der Waals surface area (Å²) < 4.78 is 44.2.